The van der Waals surface area contributed by atoms with E-state index in [-0.39, 0.29) is 5.56 Å². The summed E-state index contributed by atoms with van der Waals surface area (Å²) >= 11 is 0. The van der Waals surface area contributed by atoms with Crippen molar-refractivity contribution in [1.29, 1.82) is 0 Å². The third-order valence-corrected chi connectivity index (χ3v) is 3.79. The van der Waals surface area contributed by atoms with Gasteiger partial charge in [0.2, 0.25) is 0 Å². The highest BCUT2D eigenvalue weighted by molar-refractivity contribution is 5.97. The number of pyridine rings is 1. The van der Waals surface area contributed by atoms with Gasteiger partial charge in [0.15, 0.2) is 0 Å². The number of aromatic carboxylic acids is 1. The maximum Gasteiger partial charge on any atom is 0.337 e. The summed E-state index contributed by atoms with van der Waals surface area (Å²) in [5.41, 5.74) is 3.76. The first kappa shape index (κ1) is 12.6. The Morgan fingerprint density at radius 1 is 1.00 bits per heavy atom. The van der Waals surface area contributed by atoms with Crippen molar-refractivity contribution in [2.45, 2.75) is 0 Å². The van der Waals surface area contributed by atoms with E-state index in [1.54, 1.807) is 22.8 Å². The zero-order valence-corrected chi connectivity index (χ0v) is 11.6. The molecule has 4 nitrogen and oxygen atoms in total. The van der Waals surface area contributed by atoms with E-state index in [0.29, 0.717) is 5.69 Å². The fourth-order valence-electron chi connectivity index (χ4n) is 2.76. The first-order valence-electron chi connectivity index (χ1n) is 6.93. The minimum atomic E-state index is -0.941. The van der Waals surface area contributed by atoms with Crippen molar-refractivity contribution in [3.05, 3.63) is 72.6 Å². The van der Waals surface area contributed by atoms with Crippen LogP contribution in [0.2, 0.25) is 0 Å². The molecule has 2 aromatic carbocycles. The van der Waals surface area contributed by atoms with Gasteiger partial charge in [-0.2, -0.15) is 0 Å². The molecule has 0 saturated heterocycles. The Hall–Kier alpha value is -3.14. The van der Waals surface area contributed by atoms with Gasteiger partial charge in [0.05, 0.1) is 22.5 Å². The van der Waals surface area contributed by atoms with Crippen LogP contribution in [-0.2, 0) is 0 Å². The summed E-state index contributed by atoms with van der Waals surface area (Å²) in [6.07, 6.45) is 3.75. The van der Waals surface area contributed by atoms with Crippen molar-refractivity contribution in [2.24, 2.45) is 0 Å². The highest BCUT2D eigenvalue weighted by Gasteiger charge is 2.14. The second-order valence-corrected chi connectivity index (χ2v) is 5.10. The Morgan fingerprint density at radius 2 is 1.77 bits per heavy atom. The summed E-state index contributed by atoms with van der Waals surface area (Å²) in [4.78, 5) is 16.0. The molecule has 0 bridgehead atoms. The second kappa shape index (κ2) is 4.70. The van der Waals surface area contributed by atoms with E-state index in [1.807, 2.05) is 48.8 Å². The number of hydrogen-bond donors (Lipinski definition) is 1. The van der Waals surface area contributed by atoms with Gasteiger partial charge >= 0.3 is 5.97 Å². The van der Waals surface area contributed by atoms with E-state index >= 15 is 0 Å². The first-order chi connectivity index (χ1) is 10.7. The monoisotopic (exact) mass is 288 g/mol. The third kappa shape index (κ3) is 1.85. The molecule has 0 spiro atoms. The molecule has 0 amide bonds. The molecule has 2 heterocycles. The lowest BCUT2D eigenvalue weighted by Crippen LogP contribution is -2.05. The smallest absolute Gasteiger partial charge is 0.337 e. The molecule has 106 valence electrons. The molecule has 4 heteroatoms. The summed E-state index contributed by atoms with van der Waals surface area (Å²) in [5.74, 6) is -0.941. The van der Waals surface area contributed by atoms with Gasteiger partial charge in [-0.1, -0.05) is 30.3 Å². The molecular weight excluding hydrogens is 276 g/mol. The van der Waals surface area contributed by atoms with Crippen molar-refractivity contribution in [1.82, 2.24) is 9.55 Å². The molecule has 2 aliphatic heterocycles. The van der Waals surface area contributed by atoms with Gasteiger partial charge in [0.1, 0.15) is 0 Å². The lowest BCUT2D eigenvalue weighted by atomic mass is 10.1. The molecule has 2 aromatic rings. The van der Waals surface area contributed by atoms with Gasteiger partial charge < -0.3 is 9.67 Å². The van der Waals surface area contributed by atoms with Crippen LogP contribution in [0.1, 0.15) is 10.4 Å². The average molecular weight is 288 g/mol. The maximum atomic E-state index is 11.4. The van der Waals surface area contributed by atoms with Crippen LogP contribution in [0.4, 0.5) is 0 Å². The highest BCUT2D eigenvalue weighted by Crippen LogP contribution is 2.31. The minimum Gasteiger partial charge on any atom is -0.478 e. The molecule has 0 aromatic heterocycles. The summed E-state index contributed by atoms with van der Waals surface area (Å²) in [7, 11) is 0. The molecule has 0 aliphatic carbocycles. The Bertz CT molecular complexity index is 972. The molecule has 0 unspecified atom stereocenters. The number of para-hydroxylation sites is 2. The van der Waals surface area contributed by atoms with Crippen LogP contribution in [0.3, 0.4) is 0 Å². The SMILES string of the molecule is O=C(O)c1ccccc1-n1ccc2c3ccccc3nc-2c1. The number of aromatic nitrogens is 2. The van der Waals surface area contributed by atoms with E-state index in [0.717, 1.165) is 22.2 Å². The van der Waals surface area contributed by atoms with E-state index < -0.39 is 5.97 Å². The van der Waals surface area contributed by atoms with E-state index in [4.69, 9.17) is 0 Å². The number of carboxylic acids is 1. The van der Waals surface area contributed by atoms with Gasteiger partial charge in [0.25, 0.3) is 0 Å². The van der Waals surface area contributed by atoms with Crippen LogP contribution < -0.4 is 0 Å². The molecule has 22 heavy (non-hydrogen) atoms. The normalized spacial score (nSPS) is 11.1. The summed E-state index contributed by atoms with van der Waals surface area (Å²) < 4.78 is 1.80. The number of nitrogens with zero attached hydrogens (tertiary/aromatic N) is 2. The van der Waals surface area contributed by atoms with E-state index in [1.165, 1.54) is 0 Å². The van der Waals surface area contributed by atoms with Crippen LogP contribution in [0.25, 0.3) is 27.8 Å². The van der Waals surface area contributed by atoms with Crippen LogP contribution in [-0.4, -0.2) is 20.6 Å². The standard InChI is InChI=1S/C18H12N2O2/c21-18(22)14-6-2-4-8-17(14)20-10-9-13-12-5-1-3-7-15(12)19-16(13)11-20/h1-11H,(H,21,22). The minimum absolute atomic E-state index is 0.267. The number of carbonyl (C=O) groups is 1. The van der Waals surface area contributed by atoms with Crippen LogP contribution >= 0.6 is 0 Å². The number of fused-ring (bicyclic) bond motifs is 3. The van der Waals surface area contributed by atoms with Gasteiger partial charge in [-0.3, -0.25) is 0 Å². The summed E-state index contributed by atoms with van der Waals surface area (Å²) in [5, 5.41) is 10.4. The Kier molecular flexibility index (Phi) is 2.69. The lowest BCUT2D eigenvalue weighted by Gasteiger charge is -2.11. The Morgan fingerprint density at radius 3 is 2.64 bits per heavy atom. The van der Waals surface area contributed by atoms with Crippen molar-refractivity contribution in [3.63, 3.8) is 0 Å². The van der Waals surface area contributed by atoms with E-state index in [9.17, 15) is 9.90 Å². The summed E-state index contributed by atoms with van der Waals surface area (Å²) in [6, 6.07) is 16.9. The van der Waals surface area contributed by atoms with Crippen LogP contribution in [0.15, 0.2) is 67.0 Å². The van der Waals surface area contributed by atoms with Gasteiger partial charge in [-0.25, -0.2) is 9.78 Å². The molecular formula is C18H12N2O2. The molecule has 0 fully saturated rings. The van der Waals surface area contributed by atoms with Gasteiger partial charge in [-0.15, -0.1) is 0 Å². The largest absolute Gasteiger partial charge is 0.478 e. The molecule has 0 atom stereocenters. The summed E-state index contributed by atoms with van der Waals surface area (Å²) in [6.45, 7) is 0. The highest BCUT2D eigenvalue weighted by atomic mass is 16.4. The predicted molar refractivity (Wildman–Crippen MR) is 84.7 cm³/mol. The van der Waals surface area contributed by atoms with Gasteiger partial charge in [-0.05, 0) is 24.3 Å². The number of benzene rings is 2. The number of hydrogen-bond acceptors (Lipinski definition) is 2. The van der Waals surface area contributed by atoms with Crippen LogP contribution in [0.5, 0.6) is 0 Å². The van der Waals surface area contributed by atoms with Crippen molar-refractivity contribution in [3.8, 4) is 16.9 Å². The molecule has 2 aliphatic rings. The van der Waals surface area contributed by atoms with E-state index in [2.05, 4.69) is 4.98 Å². The lowest BCUT2D eigenvalue weighted by molar-refractivity contribution is 0.0697. The Balaban J connectivity index is 1.96. The maximum absolute atomic E-state index is 11.4. The quantitative estimate of drug-likeness (QED) is 0.610. The topological polar surface area (TPSA) is 55.1 Å². The number of rotatable bonds is 2. The number of carboxylic acid groups (broad SMARTS) is 1. The predicted octanol–water partition coefficient (Wildman–Crippen LogP) is 3.83. The zero-order chi connectivity index (χ0) is 15.1. The molecule has 4 rings (SSSR count). The molecule has 0 saturated carbocycles. The molecule has 0 radical (unpaired) electrons. The van der Waals surface area contributed by atoms with Crippen molar-refractivity contribution >= 4 is 16.9 Å². The Labute approximate surface area is 126 Å². The van der Waals surface area contributed by atoms with Crippen LogP contribution in [0, 0.1) is 0 Å². The third-order valence-electron chi connectivity index (χ3n) is 3.79. The van der Waals surface area contributed by atoms with Crippen molar-refractivity contribution < 1.29 is 9.90 Å². The molecule has 1 N–H and O–H groups in total. The fraction of sp³-hybridized carbons (Fsp3) is 0. The second-order valence-electron chi connectivity index (χ2n) is 5.10. The average Bonchev–Trinajstić information content (AvgIpc) is 2.92. The van der Waals surface area contributed by atoms with Gasteiger partial charge in [0, 0.05) is 23.3 Å². The first-order valence-corrected chi connectivity index (χ1v) is 6.93. The fourth-order valence-corrected chi connectivity index (χ4v) is 2.76. The van der Waals surface area contributed by atoms with Crippen molar-refractivity contribution in [2.75, 3.05) is 0 Å². The zero-order valence-electron chi connectivity index (χ0n) is 11.6.